The van der Waals surface area contributed by atoms with Crippen molar-refractivity contribution in [2.45, 2.75) is 32.8 Å². The van der Waals surface area contributed by atoms with Crippen molar-refractivity contribution in [2.24, 2.45) is 0 Å². The molecule has 1 aliphatic heterocycles. The molecule has 3 nitrogen and oxygen atoms in total. The predicted octanol–water partition coefficient (Wildman–Crippen LogP) is 4.51. The molecule has 1 N–H and O–H groups in total. The third-order valence-electron chi connectivity index (χ3n) is 5.38. The Labute approximate surface area is 168 Å². The topological polar surface area (TPSA) is 24.5 Å². The second-order valence-electron chi connectivity index (χ2n) is 7.28. The Balaban J connectivity index is 1.61. The van der Waals surface area contributed by atoms with Crippen molar-refractivity contribution in [3.8, 4) is 0 Å². The Bertz CT molecular complexity index is 728. The molecule has 0 spiro atoms. The first-order valence-corrected chi connectivity index (χ1v) is 10.5. The van der Waals surface area contributed by atoms with E-state index in [1.54, 1.807) is 0 Å². The lowest BCUT2D eigenvalue weighted by Gasteiger charge is -2.31. The van der Waals surface area contributed by atoms with Gasteiger partial charge in [-0.25, -0.2) is 0 Å². The summed E-state index contributed by atoms with van der Waals surface area (Å²) in [5, 5.41) is 3.42. The molecule has 146 valence electrons. The number of halogens is 1. The molecule has 4 heteroatoms. The number of hydrogen-bond donors (Lipinski definition) is 1. The summed E-state index contributed by atoms with van der Waals surface area (Å²) in [6, 6.07) is 15.2. The highest BCUT2D eigenvalue weighted by atomic mass is 35.5. The Kier molecular flexibility index (Phi) is 7.57. The van der Waals surface area contributed by atoms with E-state index in [-0.39, 0.29) is 5.92 Å². The summed E-state index contributed by atoms with van der Waals surface area (Å²) in [4.78, 5) is 2.49. The standard InChI is InChI=1S/C23H31ClN2O/c1-3-20-14-19(8-9-23(20)26-12-10-25-11-13-26)16-27-17-21(15-24)22-7-5-4-6-18(22)2/h4-9,14,21,25H,3,10-13,15-17H2,1-2H3. The molecule has 1 atom stereocenters. The molecule has 0 bridgehead atoms. The molecule has 3 rings (SSSR count). The van der Waals surface area contributed by atoms with Crippen molar-refractivity contribution in [1.82, 2.24) is 5.32 Å². The monoisotopic (exact) mass is 386 g/mol. The first-order valence-electron chi connectivity index (χ1n) is 9.99. The molecule has 1 heterocycles. The number of piperazine rings is 1. The van der Waals surface area contributed by atoms with Crippen LogP contribution in [0.15, 0.2) is 42.5 Å². The number of anilines is 1. The van der Waals surface area contributed by atoms with E-state index in [9.17, 15) is 0 Å². The number of alkyl halides is 1. The van der Waals surface area contributed by atoms with Gasteiger partial charge in [-0.05, 0) is 41.7 Å². The van der Waals surface area contributed by atoms with Gasteiger partial charge in [-0.3, -0.25) is 0 Å². The minimum Gasteiger partial charge on any atom is -0.376 e. The van der Waals surface area contributed by atoms with E-state index in [4.69, 9.17) is 16.3 Å². The summed E-state index contributed by atoms with van der Waals surface area (Å²) in [7, 11) is 0. The molecule has 27 heavy (non-hydrogen) atoms. The second-order valence-corrected chi connectivity index (χ2v) is 7.59. The van der Waals surface area contributed by atoms with Crippen LogP contribution in [-0.4, -0.2) is 38.7 Å². The van der Waals surface area contributed by atoms with Gasteiger partial charge in [0.2, 0.25) is 0 Å². The van der Waals surface area contributed by atoms with Crippen LogP contribution < -0.4 is 10.2 Å². The van der Waals surface area contributed by atoms with Gasteiger partial charge < -0.3 is 15.0 Å². The van der Waals surface area contributed by atoms with Gasteiger partial charge in [0.05, 0.1) is 13.2 Å². The van der Waals surface area contributed by atoms with Crippen LogP contribution >= 0.6 is 11.6 Å². The van der Waals surface area contributed by atoms with Gasteiger partial charge in [0.1, 0.15) is 0 Å². The smallest absolute Gasteiger partial charge is 0.0717 e. The highest BCUT2D eigenvalue weighted by Gasteiger charge is 2.15. The van der Waals surface area contributed by atoms with Crippen LogP contribution in [-0.2, 0) is 17.8 Å². The maximum Gasteiger partial charge on any atom is 0.0717 e. The van der Waals surface area contributed by atoms with Crippen molar-refractivity contribution in [2.75, 3.05) is 43.6 Å². The van der Waals surface area contributed by atoms with E-state index < -0.39 is 0 Å². The summed E-state index contributed by atoms with van der Waals surface area (Å²) in [5.41, 5.74) is 6.59. The minimum atomic E-state index is 0.235. The number of hydrogen-bond acceptors (Lipinski definition) is 3. The summed E-state index contributed by atoms with van der Waals surface area (Å²) in [5.74, 6) is 0.811. The lowest BCUT2D eigenvalue weighted by atomic mass is 9.97. The minimum absolute atomic E-state index is 0.235. The fourth-order valence-electron chi connectivity index (χ4n) is 3.81. The first kappa shape index (κ1) is 20.2. The Morgan fingerprint density at radius 3 is 2.63 bits per heavy atom. The van der Waals surface area contributed by atoms with Crippen LogP contribution in [0, 0.1) is 6.92 Å². The number of benzene rings is 2. The molecule has 0 amide bonds. The largest absolute Gasteiger partial charge is 0.376 e. The van der Waals surface area contributed by atoms with E-state index in [0.29, 0.717) is 19.1 Å². The van der Waals surface area contributed by atoms with Crippen molar-refractivity contribution >= 4 is 17.3 Å². The predicted molar refractivity (Wildman–Crippen MR) is 115 cm³/mol. The fourth-order valence-corrected chi connectivity index (χ4v) is 4.06. The van der Waals surface area contributed by atoms with Crippen molar-refractivity contribution in [3.05, 3.63) is 64.7 Å². The molecule has 0 saturated carbocycles. The maximum atomic E-state index is 6.22. The number of ether oxygens (including phenoxy) is 1. The highest BCUT2D eigenvalue weighted by molar-refractivity contribution is 6.18. The third kappa shape index (κ3) is 5.25. The maximum absolute atomic E-state index is 6.22. The van der Waals surface area contributed by atoms with Crippen LogP contribution in [0.25, 0.3) is 0 Å². The van der Waals surface area contributed by atoms with Crippen LogP contribution in [0.4, 0.5) is 5.69 Å². The van der Waals surface area contributed by atoms with Crippen molar-refractivity contribution in [1.29, 1.82) is 0 Å². The Hall–Kier alpha value is -1.55. The zero-order valence-electron chi connectivity index (χ0n) is 16.5. The van der Waals surface area contributed by atoms with Gasteiger partial charge in [0.15, 0.2) is 0 Å². The van der Waals surface area contributed by atoms with Gasteiger partial charge in [-0.15, -0.1) is 11.6 Å². The molecular formula is C23H31ClN2O. The molecule has 0 aliphatic carbocycles. The summed E-state index contributed by atoms with van der Waals surface area (Å²) in [6.45, 7) is 9.93. The zero-order chi connectivity index (χ0) is 19.1. The highest BCUT2D eigenvalue weighted by Crippen LogP contribution is 2.25. The van der Waals surface area contributed by atoms with Crippen LogP contribution in [0.1, 0.15) is 35.1 Å². The number of aryl methyl sites for hydroxylation is 2. The average Bonchev–Trinajstić information content (AvgIpc) is 2.72. The fraction of sp³-hybridized carbons (Fsp3) is 0.478. The SMILES string of the molecule is CCc1cc(COCC(CCl)c2ccccc2C)ccc1N1CCNCC1. The van der Waals surface area contributed by atoms with Gasteiger partial charge >= 0.3 is 0 Å². The molecule has 2 aromatic carbocycles. The Morgan fingerprint density at radius 2 is 1.93 bits per heavy atom. The van der Waals surface area contributed by atoms with E-state index in [1.165, 1.54) is 27.9 Å². The van der Waals surface area contributed by atoms with Gasteiger partial charge in [-0.2, -0.15) is 0 Å². The number of nitrogens with zero attached hydrogens (tertiary/aromatic N) is 1. The van der Waals surface area contributed by atoms with Crippen molar-refractivity contribution < 1.29 is 4.74 Å². The van der Waals surface area contributed by atoms with Crippen LogP contribution in [0.3, 0.4) is 0 Å². The second kappa shape index (κ2) is 10.1. The van der Waals surface area contributed by atoms with Crippen LogP contribution in [0.2, 0.25) is 0 Å². The molecule has 2 aromatic rings. The van der Waals surface area contributed by atoms with Crippen molar-refractivity contribution in [3.63, 3.8) is 0 Å². The molecule has 1 saturated heterocycles. The number of rotatable bonds is 8. The lowest BCUT2D eigenvalue weighted by molar-refractivity contribution is 0.111. The molecule has 0 aromatic heterocycles. The molecule has 1 aliphatic rings. The van der Waals surface area contributed by atoms with Gasteiger partial charge in [-0.1, -0.05) is 43.3 Å². The first-order chi connectivity index (χ1) is 13.2. The molecule has 0 radical (unpaired) electrons. The average molecular weight is 387 g/mol. The zero-order valence-corrected chi connectivity index (χ0v) is 17.3. The third-order valence-corrected chi connectivity index (χ3v) is 5.76. The van der Waals surface area contributed by atoms with Gasteiger partial charge in [0.25, 0.3) is 0 Å². The van der Waals surface area contributed by atoms with E-state index in [2.05, 4.69) is 66.5 Å². The van der Waals surface area contributed by atoms with E-state index >= 15 is 0 Å². The summed E-state index contributed by atoms with van der Waals surface area (Å²) in [6.07, 6.45) is 1.04. The summed E-state index contributed by atoms with van der Waals surface area (Å²) >= 11 is 6.22. The lowest BCUT2D eigenvalue weighted by Crippen LogP contribution is -2.43. The quantitative estimate of drug-likeness (QED) is 0.675. The molecule has 1 fully saturated rings. The van der Waals surface area contributed by atoms with Gasteiger partial charge in [0, 0.05) is 43.7 Å². The van der Waals surface area contributed by atoms with Crippen LogP contribution in [0.5, 0.6) is 0 Å². The Morgan fingerprint density at radius 1 is 1.15 bits per heavy atom. The molecule has 1 unspecified atom stereocenters. The van der Waals surface area contributed by atoms with E-state index in [1.807, 2.05) is 0 Å². The summed E-state index contributed by atoms with van der Waals surface area (Å²) < 4.78 is 6.06. The van der Waals surface area contributed by atoms with E-state index in [0.717, 1.165) is 32.6 Å². The molecular weight excluding hydrogens is 356 g/mol. The number of nitrogens with one attached hydrogen (secondary N) is 1. The normalized spacial score (nSPS) is 15.7.